The van der Waals surface area contributed by atoms with Crippen molar-refractivity contribution < 1.29 is 8.42 Å². The van der Waals surface area contributed by atoms with Gasteiger partial charge in [-0.2, -0.15) is 12.7 Å². The lowest BCUT2D eigenvalue weighted by molar-refractivity contribution is 0.282. The lowest BCUT2D eigenvalue weighted by atomic mass is 10.0. The van der Waals surface area contributed by atoms with Gasteiger partial charge in [0.15, 0.2) is 5.13 Å². The molecule has 0 saturated carbocycles. The highest BCUT2D eigenvalue weighted by molar-refractivity contribution is 7.90. The summed E-state index contributed by atoms with van der Waals surface area (Å²) in [4.78, 5) is 5.55. The predicted molar refractivity (Wildman–Crippen MR) is 80.0 cm³/mol. The van der Waals surface area contributed by atoms with Crippen LogP contribution in [0.3, 0.4) is 0 Å². The maximum absolute atomic E-state index is 12.4. The first-order valence-corrected chi connectivity index (χ1v) is 9.27. The summed E-state index contributed by atoms with van der Waals surface area (Å²) in [6, 6.07) is 0. The van der Waals surface area contributed by atoms with Crippen LogP contribution < -0.4 is 10.0 Å². The van der Waals surface area contributed by atoms with Gasteiger partial charge in [-0.15, -0.1) is 0 Å². The van der Waals surface area contributed by atoms with E-state index < -0.39 is 10.2 Å². The predicted octanol–water partition coefficient (Wildman–Crippen LogP) is 1.18. The topological polar surface area (TPSA) is 74.3 Å². The molecule has 2 aliphatic heterocycles. The molecule has 1 unspecified atom stereocenters. The van der Waals surface area contributed by atoms with Crippen LogP contribution >= 0.6 is 11.3 Å². The van der Waals surface area contributed by atoms with Crippen molar-refractivity contribution in [3.63, 3.8) is 0 Å². The van der Waals surface area contributed by atoms with E-state index in [0.29, 0.717) is 24.1 Å². The van der Waals surface area contributed by atoms with Crippen molar-refractivity contribution in [1.29, 1.82) is 0 Å². The number of hydrogen-bond donors (Lipinski definition) is 2. The molecule has 20 heavy (non-hydrogen) atoms. The Bertz CT molecular complexity index is 561. The van der Waals surface area contributed by atoms with Gasteiger partial charge in [0, 0.05) is 37.5 Å². The minimum Gasteiger partial charge on any atom is -0.311 e. The summed E-state index contributed by atoms with van der Waals surface area (Å²) in [6.45, 7) is 4.99. The van der Waals surface area contributed by atoms with E-state index in [2.05, 4.69) is 21.9 Å². The maximum atomic E-state index is 12.4. The molecule has 1 aromatic heterocycles. The first-order chi connectivity index (χ1) is 9.54. The SMILES string of the molecule is CC1CCCN(S(=O)(=O)Nc2nc3c(s2)CNCC3)C1. The fourth-order valence-corrected chi connectivity index (χ4v) is 5.24. The van der Waals surface area contributed by atoms with Crippen LogP contribution in [-0.2, 0) is 23.2 Å². The Morgan fingerprint density at radius 1 is 1.50 bits per heavy atom. The highest BCUT2D eigenvalue weighted by Gasteiger charge is 2.28. The number of nitrogens with one attached hydrogen (secondary N) is 2. The van der Waals surface area contributed by atoms with E-state index in [1.54, 1.807) is 4.31 Å². The van der Waals surface area contributed by atoms with Gasteiger partial charge in [0.1, 0.15) is 0 Å². The molecule has 1 atom stereocenters. The standard InChI is InChI=1S/C12H20N4O2S2/c1-9-3-2-6-16(8-9)20(17,18)15-12-14-10-4-5-13-7-11(10)19-12/h9,13H,2-8H2,1H3,(H,14,15). The molecule has 3 heterocycles. The van der Waals surface area contributed by atoms with Crippen molar-refractivity contribution in [3.8, 4) is 0 Å². The molecule has 0 radical (unpaired) electrons. The lowest BCUT2D eigenvalue weighted by Crippen LogP contribution is -2.42. The quantitative estimate of drug-likeness (QED) is 0.878. The summed E-state index contributed by atoms with van der Waals surface area (Å²) in [5.41, 5.74) is 1.03. The summed E-state index contributed by atoms with van der Waals surface area (Å²) in [5, 5.41) is 3.77. The second-order valence-corrected chi connectivity index (χ2v) is 8.28. The zero-order chi connectivity index (χ0) is 14.2. The molecule has 0 bridgehead atoms. The molecule has 0 spiro atoms. The Balaban J connectivity index is 1.74. The zero-order valence-corrected chi connectivity index (χ0v) is 13.2. The molecule has 1 aromatic rings. The number of anilines is 1. The van der Waals surface area contributed by atoms with Gasteiger partial charge in [0.25, 0.3) is 0 Å². The van der Waals surface area contributed by atoms with Crippen LogP contribution in [0.25, 0.3) is 0 Å². The van der Waals surface area contributed by atoms with E-state index in [1.165, 1.54) is 11.3 Å². The minimum absolute atomic E-state index is 0.425. The normalized spacial score (nSPS) is 24.4. The maximum Gasteiger partial charge on any atom is 0.303 e. The van der Waals surface area contributed by atoms with E-state index in [-0.39, 0.29) is 0 Å². The fraction of sp³-hybridized carbons (Fsp3) is 0.750. The number of aromatic nitrogens is 1. The third-order valence-corrected chi connectivity index (χ3v) is 6.38. The lowest BCUT2D eigenvalue weighted by Gasteiger charge is -2.29. The molecule has 0 aliphatic carbocycles. The van der Waals surface area contributed by atoms with Crippen LogP contribution in [0.1, 0.15) is 30.3 Å². The Kier molecular flexibility index (Phi) is 3.98. The van der Waals surface area contributed by atoms with E-state index in [4.69, 9.17) is 0 Å². The number of piperidine rings is 1. The fourth-order valence-electron chi connectivity index (χ4n) is 2.71. The molecule has 8 heteroatoms. The van der Waals surface area contributed by atoms with Crippen LogP contribution in [0.2, 0.25) is 0 Å². The van der Waals surface area contributed by atoms with Crippen LogP contribution in [0.5, 0.6) is 0 Å². The summed E-state index contributed by atoms with van der Waals surface area (Å²) in [7, 11) is -3.46. The van der Waals surface area contributed by atoms with Crippen LogP contribution in [0.4, 0.5) is 5.13 Å². The third kappa shape index (κ3) is 2.98. The number of fused-ring (bicyclic) bond motifs is 1. The molecule has 0 amide bonds. The molecule has 2 N–H and O–H groups in total. The van der Waals surface area contributed by atoms with E-state index in [1.807, 2.05) is 0 Å². The number of thiazole rings is 1. The first kappa shape index (κ1) is 14.2. The van der Waals surface area contributed by atoms with Crippen molar-refractivity contribution >= 4 is 26.7 Å². The molecule has 2 aliphatic rings. The number of rotatable bonds is 3. The molecule has 1 fully saturated rings. The average Bonchev–Trinajstić information content (AvgIpc) is 2.80. The van der Waals surface area contributed by atoms with Gasteiger partial charge in [0.05, 0.1) is 5.69 Å². The second-order valence-electron chi connectivity index (χ2n) is 5.53. The molecule has 0 aromatic carbocycles. The van der Waals surface area contributed by atoms with Crippen molar-refractivity contribution in [2.75, 3.05) is 24.4 Å². The Morgan fingerprint density at radius 2 is 2.35 bits per heavy atom. The van der Waals surface area contributed by atoms with Crippen LogP contribution in [0.15, 0.2) is 0 Å². The van der Waals surface area contributed by atoms with Gasteiger partial charge < -0.3 is 5.32 Å². The molecular weight excluding hydrogens is 296 g/mol. The summed E-state index contributed by atoms with van der Waals surface area (Å²) < 4.78 is 28.9. The largest absolute Gasteiger partial charge is 0.311 e. The number of nitrogens with zero attached hydrogens (tertiary/aromatic N) is 2. The van der Waals surface area contributed by atoms with Gasteiger partial charge >= 0.3 is 10.2 Å². The van der Waals surface area contributed by atoms with E-state index in [0.717, 1.165) is 42.9 Å². The average molecular weight is 316 g/mol. The minimum atomic E-state index is -3.46. The van der Waals surface area contributed by atoms with Crippen molar-refractivity contribution in [3.05, 3.63) is 10.6 Å². The summed E-state index contributed by atoms with van der Waals surface area (Å²) in [6.07, 6.45) is 2.90. The third-order valence-electron chi connectivity index (χ3n) is 3.78. The van der Waals surface area contributed by atoms with Gasteiger partial charge in [-0.1, -0.05) is 18.3 Å². The summed E-state index contributed by atoms with van der Waals surface area (Å²) in [5.74, 6) is 0.425. The van der Waals surface area contributed by atoms with Crippen molar-refractivity contribution in [2.24, 2.45) is 5.92 Å². The smallest absolute Gasteiger partial charge is 0.303 e. The monoisotopic (exact) mass is 316 g/mol. The van der Waals surface area contributed by atoms with E-state index in [9.17, 15) is 8.42 Å². The molecule has 1 saturated heterocycles. The molecule has 3 rings (SSSR count). The Labute approximate surface area is 123 Å². The van der Waals surface area contributed by atoms with Gasteiger partial charge in [0.2, 0.25) is 0 Å². The molecular formula is C12H20N4O2S2. The molecule has 112 valence electrons. The van der Waals surface area contributed by atoms with Gasteiger partial charge in [-0.25, -0.2) is 9.71 Å². The van der Waals surface area contributed by atoms with Gasteiger partial charge in [-0.05, 0) is 18.8 Å². The molecule has 6 nitrogen and oxygen atoms in total. The highest BCUT2D eigenvalue weighted by Crippen LogP contribution is 2.27. The van der Waals surface area contributed by atoms with E-state index >= 15 is 0 Å². The number of hydrogen-bond acceptors (Lipinski definition) is 5. The highest BCUT2D eigenvalue weighted by atomic mass is 32.2. The van der Waals surface area contributed by atoms with Crippen molar-refractivity contribution in [2.45, 2.75) is 32.7 Å². The van der Waals surface area contributed by atoms with Crippen LogP contribution in [0, 0.1) is 5.92 Å². The summed E-state index contributed by atoms with van der Waals surface area (Å²) >= 11 is 1.44. The van der Waals surface area contributed by atoms with Gasteiger partial charge in [-0.3, -0.25) is 0 Å². The second kappa shape index (κ2) is 5.59. The van der Waals surface area contributed by atoms with Crippen molar-refractivity contribution in [1.82, 2.24) is 14.6 Å². The Hall–Kier alpha value is -0.700. The Morgan fingerprint density at radius 3 is 3.10 bits per heavy atom. The van der Waals surface area contributed by atoms with Crippen LogP contribution in [-0.4, -0.2) is 37.3 Å². The first-order valence-electron chi connectivity index (χ1n) is 7.02. The zero-order valence-electron chi connectivity index (χ0n) is 11.6.